The Labute approximate surface area is 173 Å². The summed E-state index contributed by atoms with van der Waals surface area (Å²) in [5.41, 5.74) is 4.73. The van der Waals surface area contributed by atoms with Gasteiger partial charge in [-0.3, -0.25) is 0 Å². The van der Waals surface area contributed by atoms with E-state index in [0.717, 1.165) is 32.9 Å². The van der Waals surface area contributed by atoms with E-state index in [0.29, 0.717) is 9.92 Å². The van der Waals surface area contributed by atoms with Crippen molar-refractivity contribution in [2.45, 2.75) is 11.8 Å². The molecule has 0 unspecified atom stereocenters. The lowest BCUT2D eigenvalue weighted by Gasteiger charge is -2.09. The van der Waals surface area contributed by atoms with Gasteiger partial charge in [0, 0.05) is 6.26 Å². The van der Waals surface area contributed by atoms with Crippen molar-refractivity contribution in [3.63, 3.8) is 0 Å². The topological polar surface area (TPSA) is 52.0 Å². The molecular formula is C21H17ClN2O2S2. The van der Waals surface area contributed by atoms with E-state index >= 15 is 0 Å². The summed E-state index contributed by atoms with van der Waals surface area (Å²) in [5, 5.41) is 7.13. The highest BCUT2D eigenvalue weighted by molar-refractivity contribution is 7.90. The van der Waals surface area contributed by atoms with Crippen molar-refractivity contribution in [2.75, 3.05) is 6.26 Å². The molecule has 0 bridgehead atoms. The van der Waals surface area contributed by atoms with Crippen LogP contribution in [0, 0.1) is 6.92 Å². The number of hydrogen-bond acceptors (Lipinski definition) is 4. The third-order valence-corrected chi connectivity index (χ3v) is 7.10. The maximum Gasteiger partial charge on any atom is 0.175 e. The fourth-order valence-electron chi connectivity index (χ4n) is 3.14. The minimum absolute atomic E-state index is 0.318. The third-order valence-electron chi connectivity index (χ3n) is 4.57. The number of para-hydroxylation sites is 1. The summed E-state index contributed by atoms with van der Waals surface area (Å²) in [6, 6.07) is 16.6. The number of rotatable bonds is 4. The summed E-state index contributed by atoms with van der Waals surface area (Å²) in [5.74, 6) is 0. The molecule has 2 heterocycles. The molecule has 0 aliphatic carbocycles. The number of hydrogen-bond donors (Lipinski definition) is 0. The van der Waals surface area contributed by atoms with Gasteiger partial charge in [-0.1, -0.05) is 35.9 Å². The molecule has 0 saturated carbocycles. The summed E-state index contributed by atoms with van der Waals surface area (Å²) in [7, 11) is -3.26. The molecular weight excluding hydrogens is 412 g/mol. The highest BCUT2D eigenvalue weighted by Crippen LogP contribution is 2.39. The van der Waals surface area contributed by atoms with Crippen molar-refractivity contribution >= 4 is 32.8 Å². The van der Waals surface area contributed by atoms with E-state index < -0.39 is 9.84 Å². The smallest absolute Gasteiger partial charge is 0.175 e. The van der Waals surface area contributed by atoms with Crippen LogP contribution < -0.4 is 0 Å². The van der Waals surface area contributed by atoms with E-state index in [1.165, 1.54) is 6.26 Å². The minimum Gasteiger partial charge on any atom is -0.231 e. The molecule has 0 aliphatic heterocycles. The van der Waals surface area contributed by atoms with Crippen molar-refractivity contribution in [1.29, 1.82) is 0 Å². The SMILES string of the molecule is Cc1c(-c2cccc(S(C)(=O)=O)c2)csc1-c1ccnn1-c1ccccc1Cl. The molecule has 7 heteroatoms. The van der Waals surface area contributed by atoms with E-state index in [-0.39, 0.29) is 0 Å². The maximum atomic E-state index is 11.9. The van der Waals surface area contributed by atoms with Crippen molar-refractivity contribution < 1.29 is 8.42 Å². The standard InChI is InChI=1S/C21H17ClN2O2S2/c1-14-17(15-6-5-7-16(12-15)28(2,25)26)13-27-21(14)20-10-11-23-24(20)19-9-4-3-8-18(19)22/h3-13H,1-2H3. The molecule has 2 aromatic heterocycles. The summed E-state index contributed by atoms with van der Waals surface area (Å²) < 4.78 is 25.6. The Kier molecular flexibility index (Phi) is 4.87. The zero-order valence-corrected chi connectivity index (χ0v) is 17.6. The quantitative estimate of drug-likeness (QED) is 0.423. The van der Waals surface area contributed by atoms with Gasteiger partial charge in [0.2, 0.25) is 0 Å². The van der Waals surface area contributed by atoms with Gasteiger partial charge in [0.25, 0.3) is 0 Å². The Morgan fingerprint density at radius 1 is 1.07 bits per heavy atom. The van der Waals surface area contributed by atoms with E-state index in [4.69, 9.17) is 11.6 Å². The van der Waals surface area contributed by atoms with Crippen LogP contribution in [0.2, 0.25) is 5.02 Å². The van der Waals surface area contributed by atoms with E-state index in [2.05, 4.69) is 10.5 Å². The zero-order chi connectivity index (χ0) is 19.9. The van der Waals surface area contributed by atoms with Crippen LogP contribution in [0.1, 0.15) is 5.56 Å². The molecule has 0 amide bonds. The number of halogens is 1. The van der Waals surface area contributed by atoms with Crippen molar-refractivity contribution in [1.82, 2.24) is 9.78 Å². The molecule has 0 atom stereocenters. The molecule has 4 aromatic rings. The predicted molar refractivity (Wildman–Crippen MR) is 115 cm³/mol. The van der Waals surface area contributed by atoms with Crippen molar-refractivity contribution in [3.05, 3.63) is 76.8 Å². The molecule has 4 rings (SSSR count). The van der Waals surface area contributed by atoms with E-state index in [1.54, 1.807) is 35.7 Å². The van der Waals surface area contributed by atoms with Gasteiger partial charge >= 0.3 is 0 Å². The van der Waals surface area contributed by atoms with E-state index in [9.17, 15) is 8.42 Å². The van der Waals surface area contributed by atoms with Gasteiger partial charge in [0.15, 0.2) is 9.84 Å². The van der Waals surface area contributed by atoms with Crippen LogP contribution in [0.4, 0.5) is 0 Å². The molecule has 0 fully saturated rings. The number of nitrogens with zero attached hydrogens (tertiary/aromatic N) is 2. The van der Waals surface area contributed by atoms with Crippen molar-refractivity contribution in [3.8, 4) is 27.4 Å². The van der Waals surface area contributed by atoms with Crippen molar-refractivity contribution in [2.24, 2.45) is 0 Å². The molecule has 4 nitrogen and oxygen atoms in total. The second kappa shape index (κ2) is 7.20. The fourth-order valence-corrected chi connectivity index (χ4v) is 5.13. The Morgan fingerprint density at radius 3 is 2.61 bits per heavy atom. The number of thiophene rings is 1. The van der Waals surface area contributed by atoms with Gasteiger partial charge in [-0.05, 0) is 59.3 Å². The minimum atomic E-state index is -3.26. The number of benzene rings is 2. The van der Waals surface area contributed by atoms with Gasteiger partial charge in [-0.15, -0.1) is 11.3 Å². The van der Waals surface area contributed by atoms with Crippen LogP contribution >= 0.6 is 22.9 Å². The summed E-state index contributed by atoms with van der Waals surface area (Å²) in [6.45, 7) is 2.04. The summed E-state index contributed by atoms with van der Waals surface area (Å²) in [4.78, 5) is 1.38. The lowest BCUT2D eigenvalue weighted by atomic mass is 10.0. The molecule has 142 valence electrons. The number of aromatic nitrogens is 2. The predicted octanol–water partition coefficient (Wildman–Crippen LogP) is 5.63. The lowest BCUT2D eigenvalue weighted by Crippen LogP contribution is -1.99. The van der Waals surface area contributed by atoms with Crippen LogP contribution in [0.5, 0.6) is 0 Å². The van der Waals surface area contributed by atoms with Gasteiger partial charge in [-0.25, -0.2) is 13.1 Å². The molecule has 0 saturated heterocycles. The highest BCUT2D eigenvalue weighted by Gasteiger charge is 2.17. The lowest BCUT2D eigenvalue weighted by molar-refractivity contribution is 0.602. The zero-order valence-electron chi connectivity index (χ0n) is 15.3. The second-order valence-corrected chi connectivity index (χ2v) is 9.79. The normalized spacial score (nSPS) is 11.7. The third kappa shape index (κ3) is 3.39. The molecule has 28 heavy (non-hydrogen) atoms. The largest absolute Gasteiger partial charge is 0.231 e. The molecule has 0 N–H and O–H groups in total. The van der Waals surface area contributed by atoms with Gasteiger partial charge in [0.05, 0.1) is 32.4 Å². The molecule has 2 aromatic carbocycles. The first-order chi connectivity index (χ1) is 13.4. The summed E-state index contributed by atoms with van der Waals surface area (Å²) in [6.07, 6.45) is 2.97. The Hall–Kier alpha value is -2.41. The Morgan fingerprint density at radius 2 is 1.86 bits per heavy atom. The van der Waals surface area contributed by atoms with Crippen LogP contribution in [0.3, 0.4) is 0 Å². The van der Waals surface area contributed by atoms with Crippen LogP contribution in [-0.2, 0) is 9.84 Å². The fraction of sp³-hybridized carbons (Fsp3) is 0.0952. The first kappa shape index (κ1) is 18.9. The van der Waals surface area contributed by atoms with Gasteiger partial charge in [0.1, 0.15) is 0 Å². The first-order valence-electron chi connectivity index (χ1n) is 8.54. The average Bonchev–Trinajstić information content (AvgIpc) is 3.28. The Balaban J connectivity index is 1.82. The van der Waals surface area contributed by atoms with Gasteiger partial charge in [-0.2, -0.15) is 5.10 Å². The average molecular weight is 429 g/mol. The van der Waals surface area contributed by atoms with E-state index in [1.807, 2.05) is 48.0 Å². The molecule has 0 radical (unpaired) electrons. The second-order valence-electron chi connectivity index (χ2n) is 6.48. The molecule has 0 spiro atoms. The molecule has 0 aliphatic rings. The first-order valence-corrected chi connectivity index (χ1v) is 11.7. The highest BCUT2D eigenvalue weighted by atomic mass is 35.5. The van der Waals surface area contributed by atoms with Crippen LogP contribution in [-0.4, -0.2) is 24.5 Å². The van der Waals surface area contributed by atoms with Crippen LogP contribution in [0.25, 0.3) is 27.4 Å². The van der Waals surface area contributed by atoms with Crippen LogP contribution in [0.15, 0.2) is 71.1 Å². The maximum absolute atomic E-state index is 11.9. The monoisotopic (exact) mass is 428 g/mol. The van der Waals surface area contributed by atoms with Gasteiger partial charge < -0.3 is 0 Å². The summed E-state index contributed by atoms with van der Waals surface area (Å²) >= 11 is 7.97. The Bertz CT molecular complexity index is 1270. The number of sulfone groups is 1.